The Kier molecular flexibility index (Phi) is 5.07. The molecule has 5 N–H and O–H groups in total. The van der Waals surface area contributed by atoms with E-state index in [1.807, 2.05) is 23.1 Å². The third-order valence-corrected chi connectivity index (χ3v) is 5.39. The molecular weight excluding hydrogens is 362 g/mol. The second-order valence-corrected chi connectivity index (χ2v) is 7.25. The zero-order valence-electron chi connectivity index (χ0n) is 15.6. The zero-order chi connectivity index (χ0) is 19.8. The molecule has 0 spiro atoms. The van der Waals surface area contributed by atoms with Crippen molar-refractivity contribution in [1.29, 1.82) is 0 Å². The van der Waals surface area contributed by atoms with Crippen molar-refractivity contribution in [3.63, 3.8) is 0 Å². The molecule has 1 aromatic carbocycles. The number of hydrogen-bond donors (Lipinski definition) is 4. The summed E-state index contributed by atoms with van der Waals surface area (Å²) in [6, 6.07) is 10.3. The Labute approximate surface area is 162 Å². The Bertz CT molecular complexity index is 947. The van der Waals surface area contributed by atoms with Crippen molar-refractivity contribution >= 4 is 5.82 Å². The summed E-state index contributed by atoms with van der Waals surface area (Å²) in [7, 11) is 0. The number of aromatic nitrogens is 2. The first kappa shape index (κ1) is 18.9. The van der Waals surface area contributed by atoms with Crippen molar-refractivity contribution < 1.29 is 20.1 Å². The van der Waals surface area contributed by atoms with Crippen LogP contribution in [0.2, 0.25) is 0 Å². The van der Waals surface area contributed by atoms with E-state index < -0.39 is 24.5 Å². The molecular formula is C19H25N5O4. The lowest BCUT2D eigenvalue weighted by Gasteiger charge is -2.31. The number of nitrogens with two attached hydrogens (primary N) is 1. The summed E-state index contributed by atoms with van der Waals surface area (Å²) in [5.41, 5.74) is 8.10. The molecule has 2 aliphatic rings. The van der Waals surface area contributed by atoms with E-state index in [4.69, 9.17) is 10.5 Å². The highest BCUT2D eigenvalue weighted by atomic mass is 16.6. The van der Waals surface area contributed by atoms with Gasteiger partial charge in [-0.05, 0) is 18.9 Å². The van der Waals surface area contributed by atoms with E-state index in [9.17, 15) is 15.3 Å². The molecule has 2 aromatic rings. The summed E-state index contributed by atoms with van der Waals surface area (Å²) in [6.07, 6.45) is -1.80. The van der Waals surface area contributed by atoms with Gasteiger partial charge in [-0.25, -0.2) is 9.98 Å². The smallest absolute Gasteiger partial charge is 0.165 e. The molecule has 28 heavy (non-hydrogen) atoms. The van der Waals surface area contributed by atoms with Gasteiger partial charge in [0.15, 0.2) is 11.7 Å². The van der Waals surface area contributed by atoms with Crippen LogP contribution in [0.1, 0.15) is 18.7 Å². The molecule has 5 atom stereocenters. The molecule has 3 heterocycles. The molecule has 4 rings (SSSR count). The average Bonchev–Trinajstić information content (AvgIpc) is 3.25. The van der Waals surface area contributed by atoms with Crippen molar-refractivity contribution in [3.8, 4) is 0 Å². The van der Waals surface area contributed by atoms with Crippen LogP contribution in [0.15, 0.2) is 41.7 Å². The number of hydrogen-bond acceptors (Lipinski definition) is 8. The Morgan fingerprint density at radius 3 is 2.68 bits per heavy atom. The first-order valence-corrected chi connectivity index (χ1v) is 9.31. The fourth-order valence-electron chi connectivity index (χ4n) is 3.79. The van der Waals surface area contributed by atoms with Gasteiger partial charge >= 0.3 is 0 Å². The number of benzene rings is 1. The number of nitrogens with zero attached hydrogens (tertiary/aromatic N) is 4. The highest BCUT2D eigenvalue weighted by molar-refractivity contribution is 5.37. The lowest BCUT2D eigenvalue weighted by molar-refractivity contribution is -0.0546. The standard InChI is InChI=1S/C19H25N5O4/c1-11(7-12-5-3-2-4-6-12)23-10-22-18-14(17(23)20)21-9-24(18)19-16(27)15(26)13(8-25)28-19/h2-6,9,11,13,15-16,19,25-27H,7-8,10,20H2,1H3/t11?,13-,15-,16-,19-/m1/s1. The molecule has 1 fully saturated rings. The van der Waals surface area contributed by atoms with Crippen molar-refractivity contribution in [2.24, 2.45) is 10.7 Å². The molecule has 0 radical (unpaired) electrons. The molecule has 9 heteroatoms. The van der Waals surface area contributed by atoms with Gasteiger partial charge in [-0.1, -0.05) is 30.3 Å². The predicted molar refractivity (Wildman–Crippen MR) is 99.9 cm³/mol. The van der Waals surface area contributed by atoms with Crippen LogP contribution in [0, 0.1) is 0 Å². The van der Waals surface area contributed by atoms with Crippen LogP contribution in [0.25, 0.3) is 5.82 Å². The maximum absolute atomic E-state index is 10.3. The van der Waals surface area contributed by atoms with Gasteiger partial charge in [-0.3, -0.25) is 4.57 Å². The fourth-order valence-corrected chi connectivity index (χ4v) is 3.79. The Balaban J connectivity index is 1.61. The summed E-state index contributed by atoms with van der Waals surface area (Å²) < 4.78 is 7.14. The highest BCUT2D eigenvalue weighted by Crippen LogP contribution is 2.27. The highest BCUT2D eigenvalue weighted by Gasteiger charge is 2.44. The summed E-state index contributed by atoms with van der Waals surface area (Å²) in [4.78, 5) is 10.9. The number of imidazole rings is 1. The third kappa shape index (κ3) is 3.16. The molecule has 150 valence electrons. The lowest BCUT2D eigenvalue weighted by Crippen LogP contribution is -2.50. The summed E-state index contributed by atoms with van der Waals surface area (Å²) >= 11 is 0. The van der Waals surface area contributed by atoms with Crippen molar-refractivity contribution in [1.82, 2.24) is 14.5 Å². The molecule has 0 amide bonds. The van der Waals surface area contributed by atoms with Crippen LogP contribution in [-0.2, 0) is 11.2 Å². The molecule has 2 aliphatic heterocycles. The normalized spacial score (nSPS) is 28.1. The Hall–Kier alpha value is -2.46. The van der Waals surface area contributed by atoms with Gasteiger partial charge in [0.1, 0.15) is 36.2 Å². The second-order valence-electron chi connectivity index (χ2n) is 7.25. The first-order chi connectivity index (χ1) is 13.5. The van der Waals surface area contributed by atoms with E-state index in [0.29, 0.717) is 23.3 Å². The van der Waals surface area contributed by atoms with E-state index in [2.05, 4.69) is 29.0 Å². The minimum absolute atomic E-state index is 0.123. The number of aliphatic hydroxyl groups is 3. The number of ether oxygens (including phenoxy) is 1. The van der Waals surface area contributed by atoms with Gasteiger partial charge in [0.25, 0.3) is 0 Å². The molecule has 1 unspecified atom stereocenters. The average molecular weight is 387 g/mol. The van der Waals surface area contributed by atoms with Crippen LogP contribution < -0.4 is 16.6 Å². The maximum Gasteiger partial charge on any atom is 0.165 e. The van der Waals surface area contributed by atoms with Crippen LogP contribution >= 0.6 is 0 Å². The SMILES string of the molecule is CC(Cc1ccccc1)N1CN=c2c(ncn2[C@@H]2O[C@H](CO)[C@@H](O)[C@H]2O)=C1N. The van der Waals surface area contributed by atoms with E-state index in [1.54, 1.807) is 4.57 Å². The molecule has 0 saturated carbocycles. The lowest BCUT2D eigenvalue weighted by atomic mass is 10.1. The monoisotopic (exact) mass is 387 g/mol. The van der Waals surface area contributed by atoms with Crippen molar-refractivity contribution in [2.75, 3.05) is 13.3 Å². The minimum atomic E-state index is -1.19. The number of fused-ring (bicyclic) bond motifs is 1. The van der Waals surface area contributed by atoms with Crippen LogP contribution in [0.5, 0.6) is 0 Å². The van der Waals surface area contributed by atoms with E-state index in [0.717, 1.165) is 6.42 Å². The van der Waals surface area contributed by atoms with Crippen molar-refractivity contribution in [3.05, 3.63) is 53.1 Å². The largest absolute Gasteiger partial charge is 0.394 e. The topological polar surface area (TPSA) is 129 Å². The summed E-state index contributed by atoms with van der Waals surface area (Å²) in [6.45, 7) is 2.05. The zero-order valence-corrected chi connectivity index (χ0v) is 15.6. The summed E-state index contributed by atoms with van der Waals surface area (Å²) in [5, 5.41) is 30.1. The first-order valence-electron chi connectivity index (χ1n) is 9.31. The Morgan fingerprint density at radius 1 is 1.25 bits per heavy atom. The van der Waals surface area contributed by atoms with Crippen LogP contribution in [0.3, 0.4) is 0 Å². The minimum Gasteiger partial charge on any atom is -0.394 e. The third-order valence-electron chi connectivity index (χ3n) is 5.39. The second kappa shape index (κ2) is 7.51. The Morgan fingerprint density at radius 2 is 2.00 bits per heavy atom. The van der Waals surface area contributed by atoms with E-state index >= 15 is 0 Å². The molecule has 9 nitrogen and oxygen atoms in total. The van der Waals surface area contributed by atoms with Gasteiger partial charge in [-0.15, -0.1) is 0 Å². The number of aliphatic hydroxyl groups excluding tert-OH is 3. The predicted octanol–water partition coefficient (Wildman–Crippen LogP) is -1.96. The molecule has 0 bridgehead atoms. The van der Waals surface area contributed by atoms with Crippen molar-refractivity contribution in [2.45, 2.75) is 43.9 Å². The molecule has 1 saturated heterocycles. The van der Waals surface area contributed by atoms with E-state index in [-0.39, 0.29) is 12.6 Å². The van der Waals surface area contributed by atoms with Gasteiger partial charge < -0.3 is 30.7 Å². The van der Waals surface area contributed by atoms with Gasteiger partial charge in [-0.2, -0.15) is 0 Å². The molecule has 0 aliphatic carbocycles. The van der Waals surface area contributed by atoms with Gasteiger partial charge in [0, 0.05) is 6.04 Å². The number of rotatable bonds is 5. The van der Waals surface area contributed by atoms with E-state index in [1.165, 1.54) is 11.9 Å². The van der Waals surface area contributed by atoms with Crippen LogP contribution in [-0.4, -0.2) is 67.4 Å². The van der Waals surface area contributed by atoms with Gasteiger partial charge in [0.2, 0.25) is 0 Å². The van der Waals surface area contributed by atoms with Gasteiger partial charge in [0.05, 0.1) is 12.9 Å². The quantitative estimate of drug-likeness (QED) is 0.469. The van der Waals surface area contributed by atoms with Crippen LogP contribution in [0.4, 0.5) is 0 Å². The molecule has 1 aromatic heterocycles. The fraction of sp³-hybridized carbons (Fsp3) is 0.474. The summed E-state index contributed by atoms with van der Waals surface area (Å²) in [5.74, 6) is 0.513. The maximum atomic E-state index is 10.3.